The Morgan fingerprint density at radius 3 is 2.62 bits per heavy atom. The SMILES string of the molecule is O=C(c1cnn(-c2ccc(Cl)cc2)c1C(F)(F)F)N1CCCCC1c1nc2ccc(F)cc2[nH]1. The number of benzene rings is 2. The van der Waals surface area contributed by atoms with Gasteiger partial charge in [-0.15, -0.1) is 0 Å². The minimum atomic E-state index is -4.83. The topological polar surface area (TPSA) is 66.8 Å². The van der Waals surface area contributed by atoms with Crippen molar-refractivity contribution in [3.05, 3.63) is 76.6 Å². The second kappa shape index (κ2) is 8.43. The molecule has 4 aromatic rings. The van der Waals surface area contributed by atoms with E-state index >= 15 is 0 Å². The molecule has 34 heavy (non-hydrogen) atoms. The highest BCUT2D eigenvalue weighted by molar-refractivity contribution is 6.30. The fourth-order valence-corrected chi connectivity index (χ4v) is 4.45. The second-order valence-electron chi connectivity index (χ2n) is 8.09. The molecule has 0 aliphatic carbocycles. The van der Waals surface area contributed by atoms with Crippen LogP contribution in [0, 0.1) is 5.82 Å². The minimum Gasteiger partial charge on any atom is -0.340 e. The number of nitrogens with zero attached hydrogens (tertiary/aromatic N) is 4. The van der Waals surface area contributed by atoms with Crippen LogP contribution in [0.2, 0.25) is 5.02 Å². The number of fused-ring (bicyclic) bond motifs is 1. The molecular formula is C23H18ClF4N5O. The van der Waals surface area contributed by atoms with E-state index in [1.54, 1.807) is 0 Å². The van der Waals surface area contributed by atoms with Crippen LogP contribution in [0.3, 0.4) is 0 Å². The molecule has 2 aromatic heterocycles. The van der Waals surface area contributed by atoms with Gasteiger partial charge in [-0.25, -0.2) is 14.1 Å². The predicted molar refractivity (Wildman–Crippen MR) is 117 cm³/mol. The maximum absolute atomic E-state index is 14.1. The molecule has 0 radical (unpaired) electrons. The monoisotopic (exact) mass is 491 g/mol. The van der Waals surface area contributed by atoms with Crippen molar-refractivity contribution in [2.45, 2.75) is 31.5 Å². The summed E-state index contributed by atoms with van der Waals surface area (Å²) in [6.45, 7) is 0.262. The van der Waals surface area contributed by atoms with E-state index in [2.05, 4.69) is 15.1 Å². The number of H-pyrrole nitrogens is 1. The first-order valence-electron chi connectivity index (χ1n) is 10.6. The van der Waals surface area contributed by atoms with Crippen LogP contribution in [0.1, 0.15) is 47.2 Å². The quantitative estimate of drug-likeness (QED) is 0.361. The Morgan fingerprint density at radius 2 is 1.88 bits per heavy atom. The number of carbonyl (C=O) groups is 1. The minimum absolute atomic E-state index is 0.130. The van der Waals surface area contributed by atoms with E-state index in [-0.39, 0.29) is 12.2 Å². The van der Waals surface area contributed by atoms with Crippen molar-refractivity contribution in [2.24, 2.45) is 0 Å². The van der Waals surface area contributed by atoms with E-state index in [4.69, 9.17) is 11.6 Å². The van der Waals surface area contributed by atoms with Gasteiger partial charge in [-0.2, -0.15) is 18.3 Å². The summed E-state index contributed by atoms with van der Waals surface area (Å²) in [6, 6.07) is 9.20. The van der Waals surface area contributed by atoms with Crippen LogP contribution in [0.25, 0.3) is 16.7 Å². The number of imidazole rings is 1. The Balaban J connectivity index is 1.55. The summed E-state index contributed by atoms with van der Waals surface area (Å²) >= 11 is 5.86. The third-order valence-corrected chi connectivity index (χ3v) is 6.13. The first-order chi connectivity index (χ1) is 16.2. The van der Waals surface area contributed by atoms with Crippen LogP contribution in [-0.4, -0.2) is 37.1 Å². The zero-order valence-corrected chi connectivity index (χ0v) is 18.4. The molecule has 0 saturated carbocycles. The maximum Gasteiger partial charge on any atom is 0.434 e. The Hall–Kier alpha value is -3.40. The first-order valence-corrected chi connectivity index (χ1v) is 11.0. The number of nitrogens with one attached hydrogen (secondary N) is 1. The van der Waals surface area contributed by atoms with E-state index in [9.17, 15) is 22.4 Å². The lowest BCUT2D eigenvalue weighted by Gasteiger charge is -2.34. The van der Waals surface area contributed by atoms with Gasteiger partial charge >= 0.3 is 6.18 Å². The molecule has 0 bridgehead atoms. The lowest BCUT2D eigenvalue weighted by molar-refractivity contribution is -0.143. The van der Waals surface area contributed by atoms with Crippen molar-refractivity contribution >= 4 is 28.5 Å². The highest BCUT2D eigenvalue weighted by atomic mass is 35.5. The molecule has 1 atom stereocenters. The highest BCUT2D eigenvalue weighted by Gasteiger charge is 2.43. The van der Waals surface area contributed by atoms with Gasteiger partial charge in [0, 0.05) is 11.6 Å². The summed E-state index contributed by atoms with van der Waals surface area (Å²) in [7, 11) is 0. The Labute approximate surface area is 196 Å². The highest BCUT2D eigenvalue weighted by Crippen LogP contribution is 2.37. The van der Waals surface area contributed by atoms with Crippen LogP contribution < -0.4 is 0 Å². The molecule has 3 heterocycles. The van der Waals surface area contributed by atoms with Gasteiger partial charge in [-0.1, -0.05) is 11.6 Å². The number of rotatable bonds is 3. The number of hydrogen-bond donors (Lipinski definition) is 1. The second-order valence-corrected chi connectivity index (χ2v) is 8.52. The molecule has 1 unspecified atom stereocenters. The molecule has 1 N–H and O–H groups in total. The normalized spacial score (nSPS) is 16.9. The molecule has 1 amide bonds. The van der Waals surface area contributed by atoms with Crippen LogP contribution in [-0.2, 0) is 6.18 Å². The average molecular weight is 492 g/mol. The smallest absolute Gasteiger partial charge is 0.340 e. The lowest BCUT2D eigenvalue weighted by Crippen LogP contribution is -2.39. The van der Waals surface area contributed by atoms with E-state index in [0.717, 1.165) is 12.6 Å². The molecule has 1 saturated heterocycles. The summed E-state index contributed by atoms with van der Waals surface area (Å²) in [5.74, 6) is -0.820. The molecule has 176 valence electrons. The van der Waals surface area contributed by atoms with Gasteiger partial charge in [-0.3, -0.25) is 4.79 Å². The molecule has 1 fully saturated rings. The summed E-state index contributed by atoms with van der Waals surface area (Å²) in [5.41, 5.74) is -0.599. The number of amides is 1. The third-order valence-electron chi connectivity index (χ3n) is 5.88. The van der Waals surface area contributed by atoms with Gasteiger partial charge in [0.2, 0.25) is 0 Å². The summed E-state index contributed by atoms with van der Waals surface area (Å²) in [6.07, 6.45) is -1.96. The number of likely N-dealkylation sites (tertiary alicyclic amines) is 1. The number of aromatic amines is 1. The Morgan fingerprint density at radius 1 is 1.12 bits per heavy atom. The van der Waals surface area contributed by atoms with E-state index < -0.39 is 35.2 Å². The van der Waals surface area contributed by atoms with Gasteiger partial charge < -0.3 is 9.88 Å². The van der Waals surface area contributed by atoms with Crippen molar-refractivity contribution in [3.63, 3.8) is 0 Å². The van der Waals surface area contributed by atoms with Gasteiger partial charge in [-0.05, 0) is 61.7 Å². The van der Waals surface area contributed by atoms with Crippen molar-refractivity contribution in [1.29, 1.82) is 0 Å². The predicted octanol–water partition coefficient (Wildman–Crippen LogP) is 5.93. The largest absolute Gasteiger partial charge is 0.434 e. The van der Waals surface area contributed by atoms with Gasteiger partial charge in [0.1, 0.15) is 11.6 Å². The third kappa shape index (κ3) is 4.02. The van der Waals surface area contributed by atoms with E-state index in [0.29, 0.717) is 39.4 Å². The fraction of sp³-hybridized carbons (Fsp3) is 0.261. The lowest BCUT2D eigenvalue weighted by atomic mass is 10.00. The van der Waals surface area contributed by atoms with Crippen LogP contribution in [0.15, 0.2) is 48.7 Å². The Bertz CT molecular complexity index is 1360. The summed E-state index contributed by atoms with van der Waals surface area (Å²) in [5, 5.41) is 4.25. The van der Waals surface area contributed by atoms with Crippen LogP contribution in [0.5, 0.6) is 0 Å². The Kier molecular flexibility index (Phi) is 5.55. The van der Waals surface area contributed by atoms with Gasteiger partial charge in [0.05, 0.1) is 34.5 Å². The standard InChI is InChI=1S/C23H18ClF4N5O/c24-13-4-7-15(8-5-13)33-20(23(26,27)28)16(12-29-33)22(34)32-10-2-1-3-19(32)21-30-17-9-6-14(25)11-18(17)31-21/h4-9,11-12,19H,1-3,10H2,(H,30,31). The molecule has 11 heteroatoms. The number of hydrogen-bond acceptors (Lipinski definition) is 3. The van der Waals surface area contributed by atoms with Crippen LogP contribution in [0.4, 0.5) is 17.6 Å². The molecule has 6 nitrogen and oxygen atoms in total. The van der Waals surface area contributed by atoms with Crippen LogP contribution >= 0.6 is 11.6 Å². The number of aromatic nitrogens is 4. The summed E-state index contributed by atoms with van der Waals surface area (Å²) < 4.78 is 56.7. The summed E-state index contributed by atoms with van der Waals surface area (Å²) in [4.78, 5) is 22.3. The zero-order valence-electron chi connectivity index (χ0n) is 17.6. The molecular weight excluding hydrogens is 474 g/mol. The molecule has 1 aliphatic heterocycles. The van der Waals surface area contributed by atoms with Crippen molar-refractivity contribution in [1.82, 2.24) is 24.6 Å². The van der Waals surface area contributed by atoms with Crippen molar-refractivity contribution in [3.8, 4) is 5.69 Å². The molecule has 2 aromatic carbocycles. The number of carbonyl (C=O) groups excluding carboxylic acids is 1. The van der Waals surface area contributed by atoms with Gasteiger partial charge in [0.25, 0.3) is 5.91 Å². The number of halogens is 5. The number of alkyl halides is 3. The molecule has 0 spiro atoms. The van der Waals surface area contributed by atoms with Gasteiger partial charge in [0.15, 0.2) is 5.69 Å². The molecule has 1 aliphatic rings. The number of piperidine rings is 1. The molecule has 5 rings (SSSR count). The fourth-order valence-electron chi connectivity index (χ4n) is 4.33. The van der Waals surface area contributed by atoms with E-state index in [1.165, 1.54) is 47.4 Å². The first kappa shape index (κ1) is 22.4. The van der Waals surface area contributed by atoms with Crippen molar-refractivity contribution < 1.29 is 22.4 Å². The maximum atomic E-state index is 14.1. The van der Waals surface area contributed by atoms with E-state index in [1.807, 2.05) is 0 Å². The van der Waals surface area contributed by atoms with Crippen molar-refractivity contribution in [2.75, 3.05) is 6.54 Å². The average Bonchev–Trinajstić information content (AvgIpc) is 3.43. The zero-order chi connectivity index (χ0) is 24.0.